The number of alkyl halides is 3. The molecule has 1 unspecified atom stereocenters. The molecular weight excluding hydrogens is 477 g/mol. The van der Waals surface area contributed by atoms with Crippen LogP contribution in [0.25, 0.3) is 0 Å². The van der Waals surface area contributed by atoms with Gasteiger partial charge in [-0.3, -0.25) is 4.98 Å². The lowest BCUT2D eigenvalue weighted by molar-refractivity contribution is -0.137. The Balaban J connectivity index is 1.86. The third-order valence-corrected chi connectivity index (χ3v) is 5.92. The van der Waals surface area contributed by atoms with E-state index in [-0.39, 0.29) is 12.0 Å². The van der Waals surface area contributed by atoms with Gasteiger partial charge in [0.05, 0.1) is 22.9 Å². The Kier molecular flexibility index (Phi) is 7.25. The molecule has 4 rings (SSSR count). The van der Waals surface area contributed by atoms with Crippen molar-refractivity contribution in [1.29, 1.82) is 5.26 Å². The molecule has 3 aromatic carbocycles. The first kappa shape index (κ1) is 25.5. The van der Waals surface area contributed by atoms with Gasteiger partial charge in [0.15, 0.2) is 0 Å². The molecule has 8 heteroatoms. The monoisotopic (exact) mass is 500 g/mol. The van der Waals surface area contributed by atoms with Crippen molar-refractivity contribution in [3.8, 4) is 6.07 Å². The van der Waals surface area contributed by atoms with Crippen molar-refractivity contribution in [1.82, 2.24) is 10.3 Å². The third-order valence-electron chi connectivity index (χ3n) is 5.92. The Hall–Kier alpha value is -4.64. The molecule has 1 heterocycles. The largest absolute Gasteiger partial charge is 0.416 e. The lowest BCUT2D eigenvalue weighted by atomic mass is 9.80. The zero-order valence-corrected chi connectivity index (χ0v) is 19.9. The average molecular weight is 501 g/mol. The summed E-state index contributed by atoms with van der Waals surface area (Å²) in [5.41, 5.74) is 0.683. The molecule has 2 amide bonds. The fraction of sp³-hybridized carbons (Fsp3) is 0.138. The Labute approximate surface area is 212 Å². The van der Waals surface area contributed by atoms with Crippen LogP contribution < -0.4 is 10.6 Å². The summed E-state index contributed by atoms with van der Waals surface area (Å²) in [7, 11) is 0. The van der Waals surface area contributed by atoms with Gasteiger partial charge in [-0.15, -0.1) is 0 Å². The van der Waals surface area contributed by atoms with Crippen molar-refractivity contribution in [2.24, 2.45) is 0 Å². The van der Waals surface area contributed by atoms with Crippen molar-refractivity contribution >= 4 is 11.7 Å². The van der Waals surface area contributed by atoms with Crippen LogP contribution in [0.5, 0.6) is 0 Å². The minimum atomic E-state index is -4.57. The summed E-state index contributed by atoms with van der Waals surface area (Å²) in [6.07, 6.45) is -2.83. The molecule has 186 valence electrons. The number of hydrogen-bond acceptors (Lipinski definition) is 3. The maximum atomic E-state index is 13.7. The number of carbonyl (C=O) groups is 1. The second-order valence-electron chi connectivity index (χ2n) is 8.64. The van der Waals surface area contributed by atoms with E-state index in [2.05, 4.69) is 15.6 Å². The number of nitrogens with one attached hydrogen (secondary N) is 2. The summed E-state index contributed by atoms with van der Waals surface area (Å²) >= 11 is 0. The molecule has 0 saturated carbocycles. The Morgan fingerprint density at radius 3 is 2.32 bits per heavy atom. The number of nitrogens with zero attached hydrogens (tertiary/aromatic N) is 2. The summed E-state index contributed by atoms with van der Waals surface area (Å²) in [4.78, 5) is 17.9. The number of rotatable bonds is 6. The van der Waals surface area contributed by atoms with Gasteiger partial charge >= 0.3 is 12.2 Å². The van der Waals surface area contributed by atoms with Crippen LogP contribution in [0, 0.1) is 18.3 Å². The number of amides is 2. The first-order chi connectivity index (χ1) is 17.7. The van der Waals surface area contributed by atoms with E-state index in [1.165, 1.54) is 12.1 Å². The van der Waals surface area contributed by atoms with Crippen molar-refractivity contribution < 1.29 is 18.0 Å². The summed E-state index contributed by atoms with van der Waals surface area (Å²) in [6, 6.07) is 25.3. The molecule has 37 heavy (non-hydrogen) atoms. The molecule has 1 aromatic heterocycles. The first-order valence-electron chi connectivity index (χ1n) is 11.4. The second kappa shape index (κ2) is 10.5. The van der Waals surface area contributed by atoms with E-state index >= 15 is 0 Å². The van der Waals surface area contributed by atoms with Gasteiger partial charge in [0, 0.05) is 18.3 Å². The highest BCUT2D eigenvalue weighted by molar-refractivity contribution is 5.90. The minimum Gasteiger partial charge on any atom is -0.322 e. The van der Waals surface area contributed by atoms with E-state index in [1.54, 1.807) is 42.6 Å². The van der Waals surface area contributed by atoms with Gasteiger partial charge in [0.2, 0.25) is 0 Å². The first-order valence-corrected chi connectivity index (χ1v) is 11.4. The summed E-state index contributed by atoms with van der Waals surface area (Å²) in [5, 5.41) is 14.8. The van der Waals surface area contributed by atoms with E-state index in [9.17, 15) is 23.2 Å². The highest BCUT2D eigenvalue weighted by atomic mass is 19.4. The quantitative estimate of drug-likeness (QED) is 0.314. The van der Waals surface area contributed by atoms with E-state index in [1.807, 2.05) is 43.3 Å². The van der Waals surface area contributed by atoms with Gasteiger partial charge < -0.3 is 10.6 Å². The molecule has 0 aliphatic rings. The number of urea groups is 1. The van der Waals surface area contributed by atoms with Gasteiger partial charge in [-0.25, -0.2) is 4.79 Å². The predicted octanol–water partition coefficient (Wildman–Crippen LogP) is 6.59. The smallest absolute Gasteiger partial charge is 0.322 e. The molecule has 0 spiro atoms. The molecule has 4 aromatic rings. The summed E-state index contributed by atoms with van der Waals surface area (Å²) in [6.45, 7) is 1.85. The van der Waals surface area contributed by atoms with Crippen LogP contribution in [0.2, 0.25) is 0 Å². The maximum absolute atomic E-state index is 13.7. The zero-order chi connectivity index (χ0) is 26.5. The Morgan fingerprint density at radius 1 is 0.919 bits per heavy atom. The number of aromatic nitrogens is 1. The number of aryl methyl sites for hydroxylation is 1. The fourth-order valence-corrected chi connectivity index (χ4v) is 4.13. The molecular formula is C29H23F3N4O. The second-order valence-corrected chi connectivity index (χ2v) is 8.64. The molecule has 0 fully saturated rings. The van der Waals surface area contributed by atoms with Gasteiger partial charge in [-0.05, 0) is 60.0 Å². The number of halogens is 3. The zero-order valence-electron chi connectivity index (χ0n) is 19.9. The molecule has 0 aliphatic heterocycles. The SMILES string of the molecule is Cc1ccc(C(Cc2ccccc2)(NC(=O)Nc2cccc(C#N)c2)c2cccc(C(F)(F)F)c2)nc1. The van der Waals surface area contributed by atoms with Gasteiger partial charge in [0.25, 0.3) is 0 Å². The third kappa shape index (κ3) is 5.96. The number of benzene rings is 3. The standard InChI is InChI=1S/C29H23F3N4O/c1-20-13-14-26(34-19-20)28(17-21-7-3-2-4-8-21,23-10-6-11-24(16-23)29(30,31)32)36-27(37)35-25-12-5-9-22(15-25)18-33/h2-16,19H,17H2,1H3,(H2,35,36,37). The van der Waals surface area contributed by atoms with Crippen LogP contribution in [-0.4, -0.2) is 11.0 Å². The highest BCUT2D eigenvalue weighted by Gasteiger charge is 2.40. The number of carbonyl (C=O) groups excluding carboxylic acids is 1. The van der Waals surface area contributed by atoms with Crippen molar-refractivity contribution in [3.63, 3.8) is 0 Å². The molecule has 2 N–H and O–H groups in total. The fourth-order valence-electron chi connectivity index (χ4n) is 4.13. The van der Waals surface area contributed by atoms with E-state index in [0.29, 0.717) is 16.9 Å². The van der Waals surface area contributed by atoms with Crippen LogP contribution in [0.4, 0.5) is 23.7 Å². The van der Waals surface area contributed by atoms with Gasteiger partial charge in [-0.2, -0.15) is 18.4 Å². The van der Waals surface area contributed by atoms with Crippen LogP contribution in [0.15, 0.2) is 97.2 Å². The summed E-state index contributed by atoms with van der Waals surface area (Å²) in [5.74, 6) is 0. The lowest BCUT2D eigenvalue weighted by Gasteiger charge is -2.36. The summed E-state index contributed by atoms with van der Waals surface area (Å²) < 4.78 is 41.2. The topological polar surface area (TPSA) is 77.8 Å². The maximum Gasteiger partial charge on any atom is 0.416 e. The van der Waals surface area contributed by atoms with Crippen LogP contribution in [0.3, 0.4) is 0 Å². The number of pyridine rings is 1. The normalized spacial score (nSPS) is 12.7. The van der Waals surface area contributed by atoms with E-state index in [0.717, 1.165) is 23.3 Å². The Morgan fingerprint density at radius 2 is 1.65 bits per heavy atom. The van der Waals surface area contributed by atoms with Crippen molar-refractivity contribution in [2.75, 3.05) is 5.32 Å². The molecule has 0 bridgehead atoms. The molecule has 1 atom stereocenters. The molecule has 0 saturated heterocycles. The lowest BCUT2D eigenvalue weighted by Crippen LogP contribution is -2.50. The minimum absolute atomic E-state index is 0.136. The van der Waals surface area contributed by atoms with E-state index < -0.39 is 23.3 Å². The van der Waals surface area contributed by atoms with Crippen LogP contribution >= 0.6 is 0 Å². The van der Waals surface area contributed by atoms with Gasteiger partial charge in [0.1, 0.15) is 5.54 Å². The number of hydrogen-bond donors (Lipinski definition) is 2. The predicted molar refractivity (Wildman–Crippen MR) is 135 cm³/mol. The molecule has 5 nitrogen and oxygen atoms in total. The highest BCUT2D eigenvalue weighted by Crippen LogP contribution is 2.37. The molecule has 0 radical (unpaired) electrons. The Bertz CT molecular complexity index is 1430. The van der Waals surface area contributed by atoms with Crippen LogP contribution in [0.1, 0.15) is 33.5 Å². The number of anilines is 1. The average Bonchev–Trinajstić information content (AvgIpc) is 2.89. The molecule has 0 aliphatic carbocycles. The van der Waals surface area contributed by atoms with Crippen molar-refractivity contribution in [3.05, 3.63) is 131 Å². The van der Waals surface area contributed by atoms with Gasteiger partial charge in [-0.1, -0.05) is 54.6 Å². The van der Waals surface area contributed by atoms with E-state index in [4.69, 9.17) is 0 Å². The number of nitriles is 1. The van der Waals surface area contributed by atoms with Crippen LogP contribution in [-0.2, 0) is 18.1 Å². The van der Waals surface area contributed by atoms with Crippen molar-refractivity contribution in [2.45, 2.75) is 25.1 Å².